The molecule has 0 spiro atoms. The van der Waals surface area contributed by atoms with Gasteiger partial charge in [0.05, 0.1) is 32.4 Å². The average molecular weight is 395 g/mol. The molecule has 2 saturated heterocycles. The van der Waals surface area contributed by atoms with E-state index in [2.05, 4.69) is 4.98 Å². The molecule has 4 rings (SSSR count). The third-order valence-electron chi connectivity index (χ3n) is 5.33. The highest BCUT2D eigenvalue weighted by Gasteiger charge is 2.42. The Labute approximate surface area is 170 Å². The van der Waals surface area contributed by atoms with Crippen LogP contribution in [0.2, 0.25) is 0 Å². The largest absolute Gasteiger partial charge is 0.487 e. The van der Waals surface area contributed by atoms with Crippen molar-refractivity contribution in [2.24, 2.45) is 0 Å². The van der Waals surface area contributed by atoms with Crippen LogP contribution in [0.3, 0.4) is 0 Å². The molecule has 152 valence electrons. The maximum absolute atomic E-state index is 13.2. The van der Waals surface area contributed by atoms with Crippen LogP contribution in [0.15, 0.2) is 54.9 Å². The Kier molecular flexibility index (Phi) is 6.05. The molecule has 0 unspecified atom stereocenters. The summed E-state index contributed by atoms with van der Waals surface area (Å²) in [7, 11) is 0. The molecule has 2 amide bonds. The lowest BCUT2D eigenvalue weighted by molar-refractivity contribution is -0.146. The lowest BCUT2D eigenvalue weighted by atomic mass is 10.1. The highest BCUT2D eigenvalue weighted by Crippen LogP contribution is 2.25. The second-order valence-electron chi connectivity index (χ2n) is 7.33. The first-order valence-electron chi connectivity index (χ1n) is 9.97. The lowest BCUT2D eigenvalue weighted by Crippen LogP contribution is -2.51. The van der Waals surface area contributed by atoms with E-state index in [1.807, 2.05) is 36.4 Å². The topological polar surface area (TPSA) is 72.0 Å². The van der Waals surface area contributed by atoms with Gasteiger partial charge < -0.3 is 19.3 Å². The minimum Gasteiger partial charge on any atom is -0.487 e. The van der Waals surface area contributed by atoms with Gasteiger partial charge in [0.1, 0.15) is 17.9 Å². The summed E-state index contributed by atoms with van der Waals surface area (Å²) in [6.45, 7) is 2.58. The maximum atomic E-state index is 13.2. The summed E-state index contributed by atoms with van der Waals surface area (Å²) < 4.78 is 11.4. The lowest BCUT2D eigenvalue weighted by Gasteiger charge is -2.32. The van der Waals surface area contributed by atoms with E-state index in [1.54, 1.807) is 28.3 Å². The van der Waals surface area contributed by atoms with E-state index in [0.29, 0.717) is 45.0 Å². The third-order valence-corrected chi connectivity index (χ3v) is 5.33. The third kappa shape index (κ3) is 4.74. The number of aromatic nitrogens is 1. The number of likely N-dealkylation sites (tertiary alicyclic amines) is 1. The number of carbonyl (C=O) groups is 2. The van der Waals surface area contributed by atoms with Crippen LogP contribution in [0.4, 0.5) is 0 Å². The number of rotatable bonds is 5. The van der Waals surface area contributed by atoms with Crippen molar-refractivity contribution >= 4 is 11.8 Å². The van der Waals surface area contributed by atoms with Gasteiger partial charge in [-0.25, -0.2) is 0 Å². The van der Waals surface area contributed by atoms with E-state index in [-0.39, 0.29) is 24.3 Å². The Hall–Kier alpha value is -2.93. The predicted octanol–water partition coefficient (Wildman–Crippen LogP) is 1.53. The summed E-state index contributed by atoms with van der Waals surface area (Å²) in [5.41, 5.74) is 0.937. The van der Waals surface area contributed by atoms with Gasteiger partial charge in [0.2, 0.25) is 11.8 Å². The fourth-order valence-electron chi connectivity index (χ4n) is 3.87. The second-order valence-corrected chi connectivity index (χ2v) is 7.33. The van der Waals surface area contributed by atoms with Crippen LogP contribution >= 0.6 is 0 Å². The molecule has 0 N–H and O–H groups in total. The molecule has 0 aliphatic carbocycles. The van der Waals surface area contributed by atoms with Crippen LogP contribution < -0.4 is 4.74 Å². The van der Waals surface area contributed by atoms with Crippen LogP contribution in [0, 0.1) is 0 Å². The van der Waals surface area contributed by atoms with Gasteiger partial charge in [0, 0.05) is 25.7 Å². The van der Waals surface area contributed by atoms with Crippen molar-refractivity contribution in [3.63, 3.8) is 0 Å². The van der Waals surface area contributed by atoms with Crippen molar-refractivity contribution < 1.29 is 19.1 Å². The minimum absolute atomic E-state index is 0.0213. The predicted molar refractivity (Wildman–Crippen MR) is 106 cm³/mol. The molecule has 29 heavy (non-hydrogen) atoms. The molecule has 2 atom stereocenters. The number of pyridine rings is 1. The van der Waals surface area contributed by atoms with Crippen LogP contribution in [-0.2, 0) is 20.7 Å². The van der Waals surface area contributed by atoms with Gasteiger partial charge in [-0.15, -0.1) is 0 Å². The van der Waals surface area contributed by atoms with Crippen LogP contribution in [0.1, 0.15) is 12.0 Å². The first-order valence-corrected chi connectivity index (χ1v) is 9.97. The van der Waals surface area contributed by atoms with Crippen molar-refractivity contribution in [3.8, 4) is 5.75 Å². The van der Waals surface area contributed by atoms with Crippen molar-refractivity contribution in [1.82, 2.24) is 14.8 Å². The van der Waals surface area contributed by atoms with E-state index < -0.39 is 6.04 Å². The molecule has 2 aliphatic rings. The van der Waals surface area contributed by atoms with Gasteiger partial charge in [-0.1, -0.05) is 30.3 Å². The Morgan fingerprint density at radius 2 is 1.90 bits per heavy atom. The van der Waals surface area contributed by atoms with Crippen molar-refractivity contribution in [2.75, 3.05) is 32.8 Å². The normalized spacial score (nSPS) is 21.8. The molecule has 2 aromatic rings. The maximum Gasteiger partial charge on any atom is 0.245 e. The molecule has 3 heterocycles. The van der Waals surface area contributed by atoms with E-state index in [1.165, 1.54) is 0 Å². The van der Waals surface area contributed by atoms with Gasteiger partial charge in [-0.3, -0.25) is 14.6 Å². The molecule has 0 radical (unpaired) electrons. The molecule has 2 fully saturated rings. The van der Waals surface area contributed by atoms with Gasteiger partial charge in [0.25, 0.3) is 0 Å². The fraction of sp³-hybridized carbons (Fsp3) is 0.409. The monoisotopic (exact) mass is 395 g/mol. The number of nitrogens with zero attached hydrogens (tertiary/aromatic N) is 3. The van der Waals surface area contributed by atoms with Crippen molar-refractivity contribution in [3.05, 3.63) is 60.4 Å². The molecule has 1 aromatic carbocycles. The number of ether oxygens (including phenoxy) is 2. The van der Waals surface area contributed by atoms with Gasteiger partial charge in [-0.05, 0) is 17.7 Å². The zero-order chi connectivity index (χ0) is 20.1. The minimum atomic E-state index is -0.508. The molecular weight excluding hydrogens is 370 g/mol. The highest BCUT2D eigenvalue weighted by atomic mass is 16.5. The zero-order valence-electron chi connectivity index (χ0n) is 16.3. The molecular formula is C22H25N3O4. The Bertz CT molecular complexity index is 824. The van der Waals surface area contributed by atoms with Crippen molar-refractivity contribution in [1.29, 1.82) is 0 Å². The first-order chi connectivity index (χ1) is 14.2. The van der Waals surface area contributed by atoms with E-state index >= 15 is 0 Å². The van der Waals surface area contributed by atoms with Crippen molar-refractivity contribution in [2.45, 2.75) is 25.0 Å². The van der Waals surface area contributed by atoms with Gasteiger partial charge in [-0.2, -0.15) is 0 Å². The smallest absolute Gasteiger partial charge is 0.245 e. The molecule has 0 bridgehead atoms. The summed E-state index contributed by atoms with van der Waals surface area (Å²) >= 11 is 0. The molecule has 2 aliphatic heterocycles. The summed E-state index contributed by atoms with van der Waals surface area (Å²) in [4.78, 5) is 33.8. The average Bonchev–Trinajstić information content (AvgIpc) is 3.19. The highest BCUT2D eigenvalue weighted by molar-refractivity contribution is 5.89. The van der Waals surface area contributed by atoms with E-state index in [9.17, 15) is 9.59 Å². The van der Waals surface area contributed by atoms with Crippen LogP contribution in [0.25, 0.3) is 0 Å². The molecule has 7 heteroatoms. The van der Waals surface area contributed by atoms with E-state index in [4.69, 9.17) is 9.47 Å². The SMILES string of the molecule is O=C([C@@H]1C[C@H](Oc2cccnc2)CN1C(=O)Cc1ccccc1)N1CCOCC1. The molecule has 7 nitrogen and oxygen atoms in total. The van der Waals surface area contributed by atoms with Gasteiger partial charge >= 0.3 is 0 Å². The summed E-state index contributed by atoms with van der Waals surface area (Å²) in [6.07, 6.45) is 3.84. The Morgan fingerprint density at radius 3 is 2.62 bits per heavy atom. The number of hydrogen-bond donors (Lipinski definition) is 0. The zero-order valence-corrected chi connectivity index (χ0v) is 16.3. The Balaban J connectivity index is 1.49. The fourth-order valence-corrected chi connectivity index (χ4v) is 3.87. The number of benzene rings is 1. The van der Waals surface area contributed by atoms with Crippen LogP contribution in [0.5, 0.6) is 5.75 Å². The number of morpholine rings is 1. The summed E-state index contributed by atoms with van der Waals surface area (Å²) in [5.74, 6) is 0.569. The standard InChI is InChI=1S/C22H25N3O4/c26-21(13-17-5-2-1-3-6-17)25-16-19(29-18-7-4-8-23-15-18)14-20(25)22(27)24-9-11-28-12-10-24/h1-8,15,19-20H,9-14,16H2/t19-,20-/m0/s1. The molecule has 0 saturated carbocycles. The number of amides is 2. The number of hydrogen-bond acceptors (Lipinski definition) is 5. The second kappa shape index (κ2) is 9.05. The van der Waals surface area contributed by atoms with Crippen LogP contribution in [-0.4, -0.2) is 71.6 Å². The Morgan fingerprint density at radius 1 is 1.10 bits per heavy atom. The van der Waals surface area contributed by atoms with E-state index in [0.717, 1.165) is 5.56 Å². The summed E-state index contributed by atoms with van der Waals surface area (Å²) in [5, 5.41) is 0. The number of carbonyl (C=O) groups excluding carboxylic acids is 2. The first kappa shape index (κ1) is 19.4. The summed E-state index contributed by atoms with van der Waals surface area (Å²) in [6, 6.07) is 12.7. The van der Waals surface area contributed by atoms with Gasteiger partial charge in [0.15, 0.2) is 0 Å². The molecule has 1 aromatic heterocycles. The quantitative estimate of drug-likeness (QED) is 0.768.